The van der Waals surface area contributed by atoms with Crippen molar-refractivity contribution in [1.29, 1.82) is 0 Å². The van der Waals surface area contributed by atoms with Crippen LogP contribution in [0.1, 0.15) is 35.4 Å². The Morgan fingerprint density at radius 1 is 0.971 bits per heavy atom. The molecule has 2 aromatic rings. The zero-order chi connectivity index (χ0) is 24.7. The second kappa shape index (κ2) is 9.16. The van der Waals surface area contributed by atoms with Crippen molar-refractivity contribution in [3.63, 3.8) is 0 Å². The maximum atomic E-state index is 14.3. The van der Waals surface area contributed by atoms with Gasteiger partial charge in [-0.25, -0.2) is 32.9 Å². The van der Waals surface area contributed by atoms with Gasteiger partial charge in [0.05, 0.1) is 12.2 Å². The van der Waals surface area contributed by atoms with Crippen LogP contribution in [0, 0.1) is 23.4 Å². The summed E-state index contributed by atoms with van der Waals surface area (Å²) in [6.45, 7) is 4.50. The summed E-state index contributed by atoms with van der Waals surface area (Å²) >= 11 is 0. The lowest BCUT2D eigenvalue weighted by Gasteiger charge is -2.38. The predicted octanol–water partition coefficient (Wildman–Crippen LogP) is 2.66. The molecule has 0 saturated carbocycles. The van der Waals surface area contributed by atoms with Crippen molar-refractivity contribution in [2.45, 2.75) is 19.4 Å². The normalized spacial score (nSPS) is 20.4. The topological polar surface area (TPSA) is 85.2 Å². The van der Waals surface area contributed by atoms with E-state index in [1.807, 2.05) is 6.92 Å². The Hall–Kier alpha value is -3.70. The number of rotatable bonds is 3. The van der Waals surface area contributed by atoms with Gasteiger partial charge < -0.3 is 14.7 Å². The van der Waals surface area contributed by atoms with Crippen molar-refractivity contribution >= 4 is 24.1 Å². The summed E-state index contributed by atoms with van der Waals surface area (Å²) in [6.07, 6.45) is 2.90. The lowest BCUT2D eigenvalue weighted by molar-refractivity contribution is 0.0518. The van der Waals surface area contributed by atoms with Gasteiger partial charge in [0, 0.05) is 58.0 Å². The molecule has 2 fully saturated rings. The van der Waals surface area contributed by atoms with Crippen LogP contribution in [0.2, 0.25) is 0 Å². The van der Waals surface area contributed by atoms with Crippen LogP contribution in [0.5, 0.6) is 0 Å². The van der Waals surface area contributed by atoms with Crippen LogP contribution in [0.15, 0.2) is 29.5 Å². The molecule has 0 unspecified atom stereocenters. The van der Waals surface area contributed by atoms with Crippen molar-refractivity contribution in [2.24, 2.45) is 11.0 Å². The summed E-state index contributed by atoms with van der Waals surface area (Å²) in [5.74, 6) is -2.04. The van der Waals surface area contributed by atoms with Gasteiger partial charge in [0.25, 0.3) is 5.91 Å². The molecule has 35 heavy (non-hydrogen) atoms. The molecule has 0 bridgehead atoms. The fraction of sp³-hybridized carbons (Fsp3) is 0.435. The Balaban J connectivity index is 1.24. The summed E-state index contributed by atoms with van der Waals surface area (Å²) in [4.78, 5) is 38.8. The number of aromatic nitrogens is 2. The molecule has 0 radical (unpaired) electrons. The first-order chi connectivity index (χ1) is 16.8. The number of hydrogen-bond donors (Lipinski definition) is 0. The van der Waals surface area contributed by atoms with E-state index >= 15 is 0 Å². The smallest absolute Gasteiger partial charge is 0.337 e. The molecule has 3 aliphatic heterocycles. The first-order valence-electron chi connectivity index (χ1n) is 11.4. The Kier molecular flexibility index (Phi) is 6.03. The minimum atomic E-state index is -0.765. The summed E-state index contributed by atoms with van der Waals surface area (Å²) in [5.41, 5.74) is 0.0810. The average molecular weight is 487 g/mol. The van der Waals surface area contributed by atoms with Gasteiger partial charge >= 0.3 is 6.03 Å². The van der Waals surface area contributed by atoms with Gasteiger partial charge in [-0.15, -0.1) is 0 Å². The average Bonchev–Trinajstić information content (AvgIpc) is 3.31. The van der Waals surface area contributed by atoms with E-state index in [-0.39, 0.29) is 17.7 Å². The van der Waals surface area contributed by atoms with Crippen LogP contribution in [0.25, 0.3) is 0 Å². The quantitative estimate of drug-likeness (QED) is 0.665. The van der Waals surface area contributed by atoms with Gasteiger partial charge in [0.2, 0.25) is 5.95 Å². The van der Waals surface area contributed by atoms with Crippen molar-refractivity contribution in [2.75, 3.05) is 44.2 Å². The number of carbonyl (C=O) groups excluding carboxylic acids is 2. The highest BCUT2D eigenvalue weighted by molar-refractivity contribution is 5.93. The van der Waals surface area contributed by atoms with Crippen LogP contribution in [-0.4, -0.2) is 82.2 Å². The van der Waals surface area contributed by atoms with E-state index in [9.17, 15) is 22.8 Å². The van der Waals surface area contributed by atoms with Gasteiger partial charge in [-0.1, -0.05) is 6.92 Å². The van der Waals surface area contributed by atoms with Crippen molar-refractivity contribution in [3.05, 3.63) is 53.1 Å². The maximum absolute atomic E-state index is 14.3. The molecule has 0 spiro atoms. The number of urea groups is 1. The Bertz CT molecular complexity index is 1160. The van der Waals surface area contributed by atoms with Gasteiger partial charge in [-0.2, -0.15) is 5.10 Å². The molecule has 1 aromatic heterocycles. The molecule has 3 amide bonds. The second-order valence-electron chi connectivity index (χ2n) is 9.04. The molecule has 4 heterocycles. The molecule has 0 N–H and O–H groups in total. The van der Waals surface area contributed by atoms with Gasteiger partial charge in [0.15, 0.2) is 11.5 Å². The first-order valence-corrected chi connectivity index (χ1v) is 11.4. The van der Waals surface area contributed by atoms with Crippen molar-refractivity contribution in [1.82, 2.24) is 24.8 Å². The van der Waals surface area contributed by atoms with Crippen molar-refractivity contribution < 1.29 is 22.8 Å². The van der Waals surface area contributed by atoms with E-state index in [0.717, 1.165) is 12.3 Å². The Morgan fingerprint density at radius 2 is 1.66 bits per heavy atom. The molecule has 184 valence electrons. The van der Waals surface area contributed by atoms with Gasteiger partial charge in [-0.05, 0) is 23.6 Å². The largest absolute Gasteiger partial charge is 0.341 e. The van der Waals surface area contributed by atoms with E-state index in [2.05, 4.69) is 15.1 Å². The summed E-state index contributed by atoms with van der Waals surface area (Å²) in [6, 6.07) is 2.21. The highest BCUT2D eigenvalue weighted by atomic mass is 19.1. The van der Waals surface area contributed by atoms with Gasteiger partial charge in [-0.3, -0.25) is 4.79 Å². The van der Waals surface area contributed by atoms with E-state index < -0.39 is 29.4 Å². The number of piperazine rings is 1. The summed E-state index contributed by atoms with van der Waals surface area (Å²) < 4.78 is 41.7. The third-order valence-corrected chi connectivity index (χ3v) is 6.41. The molecular weight excluding hydrogens is 463 g/mol. The van der Waals surface area contributed by atoms with E-state index in [1.165, 1.54) is 17.1 Å². The Morgan fingerprint density at radius 3 is 2.31 bits per heavy atom. The van der Waals surface area contributed by atoms with Gasteiger partial charge in [0.1, 0.15) is 11.6 Å². The summed E-state index contributed by atoms with van der Waals surface area (Å²) in [7, 11) is 0. The van der Waals surface area contributed by atoms with Crippen LogP contribution < -0.4 is 4.90 Å². The summed E-state index contributed by atoms with van der Waals surface area (Å²) in [5, 5.41) is 5.37. The first kappa shape index (κ1) is 23.1. The number of amides is 3. The number of carbonyl (C=O) groups is 2. The molecule has 1 atom stereocenters. The van der Waals surface area contributed by atoms with Crippen LogP contribution in [0.4, 0.5) is 23.9 Å². The van der Waals surface area contributed by atoms with Crippen molar-refractivity contribution in [3.8, 4) is 0 Å². The minimum Gasteiger partial charge on any atom is -0.337 e. The number of nitrogens with zero attached hydrogens (tertiary/aromatic N) is 7. The monoisotopic (exact) mass is 487 g/mol. The number of anilines is 1. The zero-order valence-electron chi connectivity index (χ0n) is 19.1. The fourth-order valence-electron chi connectivity index (χ4n) is 4.56. The maximum Gasteiger partial charge on any atom is 0.341 e. The lowest BCUT2D eigenvalue weighted by Crippen LogP contribution is -2.52. The molecule has 12 heteroatoms. The molecular formula is C23H24F3N7O2. The van der Waals surface area contributed by atoms with E-state index in [0.29, 0.717) is 57.2 Å². The third-order valence-electron chi connectivity index (χ3n) is 6.41. The van der Waals surface area contributed by atoms with Crippen LogP contribution in [-0.2, 0) is 0 Å². The molecule has 3 aliphatic rings. The highest BCUT2D eigenvalue weighted by Gasteiger charge is 2.35. The molecule has 5 rings (SSSR count). The zero-order valence-corrected chi connectivity index (χ0v) is 19.1. The van der Waals surface area contributed by atoms with Crippen LogP contribution in [0.3, 0.4) is 0 Å². The fourth-order valence-corrected chi connectivity index (χ4v) is 4.56. The SMILES string of the molecule is CC1CN(C(=O)c2nc(N3CCN(C(=O)N4N=CC[C@H]4c4cc(F)cc(F)c4)CC3)ncc2F)C1. The third kappa shape index (κ3) is 4.52. The van der Waals surface area contributed by atoms with E-state index in [1.54, 1.807) is 20.9 Å². The number of hydrogen-bond acceptors (Lipinski definition) is 6. The number of benzene rings is 1. The highest BCUT2D eigenvalue weighted by Crippen LogP contribution is 2.30. The van der Waals surface area contributed by atoms with E-state index in [4.69, 9.17) is 0 Å². The number of halogens is 3. The standard InChI is InChI=1S/C23H24F3N7O2/c1-14-12-32(13-14)21(34)20-18(26)11-27-22(29-20)30-4-6-31(7-5-30)23(35)33-19(2-3-28-33)15-8-16(24)10-17(25)9-15/h3,8-11,14,19H,2,4-7,12-13H2,1H3/t19-/m0/s1. The minimum absolute atomic E-state index is 0.225. The molecule has 0 aliphatic carbocycles. The molecule has 2 saturated heterocycles. The number of hydrazone groups is 1. The predicted molar refractivity (Wildman–Crippen MR) is 120 cm³/mol. The Labute approximate surface area is 199 Å². The lowest BCUT2D eigenvalue weighted by atomic mass is 10.0. The number of likely N-dealkylation sites (tertiary alicyclic amines) is 1. The molecule has 9 nitrogen and oxygen atoms in total. The van der Waals surface area contributed by atoms with Crippen LogP contribution >= 0.6 is 0 Å². The second-order valence-corrected chi connectivity index (χ2v) is 9.04. The molecule has 1 aromatic carbocycles.